The van der Waals surface area contributed by atoms with Crippen LogP contribution in [0.4, 0.5) is 17.2 Å². The Hall–Kier alpha value is -2.40. The minimum absolute atomic E-state index is 0.769. The van der Waals surface area contributed by atoms with E-state index in [0.717, 1.165) is 32.6 Å². The fourth-order valence-corrected chi connectivity index (χ4v) is 2.47. The fourth-order valence-electron chi connectivity index (χ4n) is 2.07. The maximum Gasteiger partial charge on any atom is 0.141 e. The van der Waals surface area contributed by atoms with E-state index in [1.54, 1.807) is 12.5 Å². The lowest BCUT2D eigenvalue weighted by Gasteiger charge is -2.10. The molecule has 0 aliphatic heterocycles. The van der Waals surface area contributed by atoms with Crippen LogP contribution in [-0.4, -0.2) is 9.97 Å². The molecule has 1 aromatic heterocycles. The Morgan fingerprint density at radius 3 is 2.76 bits per heavy atom. The summed E-state index contributed by atoms with van der Waals surface area (Å²) in [6, 6.07) is 13.9. The summed E-state index contributed by atoms with van der Waals surface area (Å²) in [5, 5.41) is 7.34. The molecule has 0 saturated carbocycles. The quantitative estimate of drug-likeness (QED) is 0.723. The molecule has 104 valence electrons. The van der Waals surface area contributed by atoms with E-state index >= 15 is 0 Å². The molecule has 0 fully saturated rings. The SMILES string of the molecule is C=CNc1ccc2ncnc(Nc3cccc(Br)c3)c2c1. The van der Waals surface area contributed by atoms with Gasteiger partial charge in [0.05, 0.1) is 5.52 Å². The topological polar surface area (TPSA) is 49.8 Å². The predicted octanol–water partition coefficient (Wildman–Crippen LogP) is 4.69. The molecule has 0 amide bonds. The minimum Gasteiger partial charge on any atom is -0.362 e. The molecule has 0 aliphatic carbocycles. The van der Waals surface area contributed by atoms with Gasteiger partial charge in [0.1, 0.15) is 12.1 Å². The first kappa shape index (κ1) is 13.6. The zero-order valence-electron chi connectivity index (χ0n) is 11.2. The van der Waals surface area contributed by atoms with Crippen LogP contribution in [0.25, 0.3) is 10.9 Å². The summed E-state index contributed by atoms with van der Waals surface area (Å²) in [7, 11) is 0. The zero-order chi connectivity index (χ0) is 14.7. The normalized spacial score (nSPS) is 10.3. The van der Waals surface area contributed by atoms with Crippen LogP contribution in [0.2, 0.25) is 0 Å². The van der Waals surface area contributed by atoms with Gasteiger partial charge < -0.3 is 10.6 Å². The van der Waals surface area contributed by atoms with Crippen LogP contribution < -0.4 is 10.6 Å². The van der Waals surface area contributed by atoms with E-state index in [1.807, 2.05) is 42.5 Å². The van der Waals surface area contributed by atoms with E-state index in [4.69, 9.17) is 0 Å². The third-order valence-electron chi connectivity index (χ3n) is 2.99. The lowest BCUT2D eigenvalue weighted by Crippen LogP contribution is -1.96. The Balaban J connectivity index is 2.04. The molecule has 3 aromatic rings. The fraction of sp³-hybridized carbons (Fsp3) is 0. The number of rotatable bonds is 4. The Morgan fingerprint density at radius 2 is 1.95 bits per heavy atom. The van der Waals surface area contributed by atoms with E-state index < -0.39 is 0 Å². The molecule has 0 aliphatic rings. The summed E-state index contributed by atoms with van der Waals surface area (Å²) >= 11 is 3.46. The van der Waals surface area contributed by atoms with Crippen LogP contribution in [0.3, 0.4) is 0 Å². The van der Waals surface area contributed by atoms with Crippen LogP contribution in [0.1, 0.15) is 0 Å². The van der Waals surface area contributed by atoms with Crippen LogP contribution in [-0.2, 0) is 0 Å². The second-order valence-electron chi connectivity index (χ2n) is 4.44. The molecule has 2 N–H and O–H groups in total. The van der Waals surface area contributed by atoms with Crippen molar-refractivity contribution in [2.45, 2.75) is 0 Å². The van der Waals surface area contributed by atoms with Crippen molar-refractivity contribution in [2.24, 2.45) is 0 Å². The lowest BCUT2D eigenvalue weighted by atomic mass is 10.2. The third kappa shape index (κ3) is 3.03. The van der Waals surface area contributed by atoms with Gasteiger partial charge in [-0.2, -0.15) is 0 Å². The molecule has 3 rings (SSSR count). The second-order valence-corrected chi connectivity index (χ2v) is 5.35. The first-order chi connectivity index (χ1) is 10.3. The third-order valence-corrected chi connectivity index (χ3v) is 3.48. The van der Waals surface area contributed by atoms with Crippen molar-refractivity contribution in [3.05, 3.63) is 66.0 Å². The standard InChI is InChI=1S/C16H13BrN4/c1-2-18-12-6-7-15-14(9-12)16(20-10-19-15)21-13-5-3-4-11(17)8-13/h2-10,18H,1H2,(H,19,20,21). The Labute approximate surface area is 131 Å². The van der Waals surface area contributed by atoms with Gasteiger partial charge in [0.25, 0.3) is 0 Å². The van der Waals surface area contributed by atoms with Gasteiger partial charge in [-0.25, -0.2) is 9.97 Å². The van der Waals surface area contributed by atoms with E-state index in [-0.39, 0.29) is 0 Å². The highest BCUT2D eigenvalue weighted by molar-refractivity contribution is 9.10. The van der Waals surface area contributed by atoms with Crippen molar-refractivity contribution in [3.8, 4) is 0 Å². The van der Waals surface area contributed by atoms with Gasteiger partial charge >= 0.3 is 0 Å². The van der Waals surface area contributed by atoms with Gasteiger partial charge in [-0.05, 0) is 42.6 Å². The Bertz CT molecular complexity index is 801. The minimum atomic E-state index is 0.769. The largest absolute Gasteiger partial charge is 0.362 e. The highest BCUT2D eigenvalue weighted by Crippen LogP contribution is 2.26. The van der Waals surface area contributed by atoms with Gasteiger partial charge in [-0.1, -0.05) is 28.6 Å². The summed E-state index contributed by atoms with van der Waals surface area (Å²) in [4.78, 5) is 8.63. The van der Waals surface area contributed by atoms with Crippen LogP contribution >= 0.6 is 15.9 Å². The summed E-state index contributed by atoms with van der Waals surface area (Å²) in [6.45, 7) is 3.67. The smallest absolute Gasteiger partial charge is 0.141 e. The maximum absolute atomic E-state index is 4.34. The number of nitrogens with one attached hydrogen (secondary N) is 2. The summed E-state index contributed by atoms with van der Waals surface area (Å²) in [6.07, 6.45) is 3.20. The predicted molar refractivity (Wildman–Crippen MR) is 90.8 cm³/mol. The molecule has 0 atom stereocenters. The highest BCUT2D eigenvalue weighted by Gasteiger charge is 2.05. The van der Waals surface area contributed by atoms with Gasteiger partial charge in [-0.3, -0.25) is 0 Å². The molecule has 0 spiro atoms. The molecule has 1 heterocycles. The first-order valence-corrected chi connectivity index (χ1v) is 7.20. The van der Waals surface area contributed by atoms with Gasteiger partial charge in [0, 0.05) is 21.2 Å². The van der Waals surface area contributed by atoms with Gasteiger partial charge in [-0.15, -0.1) is 0 Å². The number of nitrogens with zero attached hydrogens (tertiary/aromatic N) is 2. The van der Waals surface area contributed by atoms with Crippen LogP contribution in [0, 0.1) is 0 Å². The van der Waals surface area contributed by atoms with Crippen molar-refractivity contribution in [1.82, 2.24) is 9.97 Å². The maximum atomic E-state index is 4.34. The number of anilines is 3. The number of fused-ring (bicyclic) bond motifs is 1. The number of aromatic nitrogens is 2. The van der Waals surface area contributed by atoms with Crippen LogP contribution in [0.15, 0.2) is 66.0 Å². The summed E-state index contributed by atoms with van der Waals surface area (Å²) in [5.74, 6) is 0.769. The zero-order valence-corrected chi connectivity index (χ0v) is 12.8. The van der Waals surface area contributed by atoms with Gasteiger partial charge in [0.15, 0.2) is 0 Å². The molecule has 0 saturated heterocycles. The van der Waals surface area contributed by atoms with E-state index in [9.17, 15) is 0 Å². The average molecular weight is 341 g/mol. The number of halogens is 1. The highest BCUT2D eigenvalue weighted by atomic mass is 79.9. The first-order valence-electron chi connectivity index (χ1n) is 6.41. The van der Waals surface area contributed by atoms with Crippen molar-refractivity contribution in [1.29, 1.82) is 0 Å². The Morgan fingerprint density at radius 1 is 1.05 bits per heavy atom. The molecule has 0 unspecified atom stereocenters. The van der Waals surface area contributed by atoms with E-state index in [2.05, 4.69) is 43.1 Å². The van der Waals surface area contributed by atoms with Gasteiger partial charge in [0.2, 0.25) is 0 Å². The summed E-state index contributed by atoms with van der Waals surface area (Å²) in [5.41, 5.74) is 2.80. The number of hydrogen-bond donors (Lipinski definition) is 2. The monoisotopic (exact) mass is 340 g/mol. The number of hydrogen-bond acceptors (Lipinski definition) is 4. The molecule has 21 heavy (non-hydrogen) atoms. The van der Waals surface area contributed by atoms with Crippen molar-refractivity contribution in [3.63, 3.8) is 0 Å². The van der Waals surface area contributed by atoms with Crippen molar-refractivity contribution in [2.75, 3.05) is 10.6 Å². The molecule has 4 nitrogen and oxygen atoms in total. The van der Waals surface area contributed by atoms with E-state index in [1.165, 1.54) is 0 Å². The Kier molecular flexibility index (Phi) is 3.83. The molecule has 5 heteroatoms. The van der Waals surface area contributed by atoms with Crippen LogP contribution in [0.5, 0.6) is 0 Å². The average Bonchev–Trinajstić information content (AvgIpc) is 2.48. The molecular weight excluding hydrogens is 328 g/mol. The van der Waals surface area contributed by atoms with Crippen molar-refractivity contribution >= 4 is 44.0 Å². The summed E-state index contributed by atoms with van der Waals surface area (Å²) < 4.78 is 1.01. The van der Waals surface area contributed by atoms with E-state index in [0.29, 0.717) is 0 Å². The second kappa shape index (κ2) is 5.93. The lowest BCUT2D eigenvalue weighted by molar-refractivity contribution is 1.22. The number of benzene rings is 2. The molecular formula is C16H13BrN4. The van der Waals surface area contributed by atoms with Crippen molar-refractivity contribution < 1.29 is 0 Å². The molecule has 0 bridgehead atoms. The molecule has 0 radical (unpaired) electrons. The molecule has 2 aromatic carbocycles.